The number of hydrogen-bond acceptors (Lipinski definition) is 17. The zero-order valence-electron chi connectivity index (χ0n) is 47.2. The van der Waals surface area contributed by atoms with Crippen molar-refractivity contribution in [2.24, 2.45) is 0 Å². The van der Waals surface area contributed by atoms with Gasteiger partial charge in [0.25, 0.3) is 11.8 Å². The molecule has 0 unspecified atom stereocenters. The van der Waals surface area contributed by atoms with Gasteiger partial charge in [0.2, 0.25) is 11.9 Å². The fourth-order valence-electron chi connectivity index (χ4n) is 12.1. The van der Waals surface area contributed by atoms with E-state index >= 15 is 0 Å². The molecule has 6 aromatic heterocycles. The van der Waals surface area contributed by atoms with Gasteiger partial charge in [-0.1, -0.05) is 25.7 Å². The number of pyridine rings is 2. The molecular weight excluding hydrogens is 1040 g/mol. The van der Waals surface area contributed by atoms with Gasteiger partial charge in [-0.2, -0.15) is 9.97 Å². The average Bonchev–Trinajstić information content (AvgIpc) is 4.34. The monoisotopic (exact) mass is 1110 g/mol. The van der Waals surface area contributed by atoms with Crippen LogP contribution in [0.5, 0.6) is 0 Å². The third-order valence-corrected chi connectivity index (χ3v) is 15.9. The molecule has 0 bridgehead atoms. The van der Waals surface area contributed by atoms with E-state index in [2.05, 4.69) is 45.0 Å². The van der Waals surface area contributed by atoms with E-state index in [0.29, 0.717) is 91.0 Å². The van der Waals surface area contributed by atoms with Crippen molar-refractivity contribution in [2.45, 2.75) is 127 Å². The normalized spacial score (nSPS) is 21.4. The number of fused-ring (bicyclic) bond motifs is 2. The second-order valence-corrected chi connectivity index (χ2v) is 23.6. The fourth-order valence-corrected chi connectivity index (χ4v) is 12.1. The van der Waals surface area contributed by atoms with E-state index in [1.54, 1.807) is 95.7 Å². The third-order valence-electron chi connectivity index (χ3n) is 15.9. The van der Waals surface area contributed by atoms with Gasteiger partial charge in [0.1, 0.15) is 51.1 Å². The van der Waals surface area contributed by atoms with E-state index in [0.717, 1.165) is 87.2 Å². The van der Waals surface area contributed by atoms with Crippen LogP contribution in [0, 0.1) is 0 Å². The highest BCUT2D eigenvalue weighted by atomic mass is 16.6. The number of amides is 5. The Bertz CT molecular complexity index is 3340. The Morgan fingerprint density at radius 1 is 0.642 bits per heavy atom. The van der Waals surface area contributed by atoms with Gasteiger partial charge in [0.05, 0.1) is 43.4 Å². The van der Waals surface area contributed by atoms with Crippen molar-refractivity contribution in [3.63, 3.8) is 0 Å². The first-order valence-electron chi connectivity index (χ1n) is 28.2. The van der Waals surface area contributed by atoms with Crippen molar-refractivity contribution in [3.05, 3.63) is 72.6 Å². The minimum Gasteiger partial charge on any atom is -0.444 e. The van der Waals surface area contributed by atoms with Gasteiger partial charge in [-0.05, 0) is 115 Å². The Morgan fingerprint density at radius 2 is 1.12 bits per heavy atom. The largest absolute Gasteiger partial charge is 0.444 e. The van der Waals surface area contributed by atoms with Gasteiger partial charge >= 0.3 is 18.3 Å². The number of carbonyl (C=O) groups is 5. The van der Waals surface area contributed by atoms with Crippen LogP contribution in [0.2, 0.25) is 0 Å². The van der Waals surface area contributed by atoms with Crippen LogP contribution >= 0.6 is 0 Å². The topological polar surface area (TPSA) is 253 Å². The molecule has 24 heteroatoms. The summed E-state index contributed by atoms with van der Waals surface area (Å²) in [6.45, 7) is 8.78. The van der Waals surface area contributed by atoms with Crippen LogP contribution in [0.4, 0.5) is 49.3 Å². The van der Waals surface area contributed by atoms with Crippen molar-refractivity contribution in [1.29, 1.82) is 0 Å². The molecule has 2 atom stereocenters. The molecule has 4 aliphatic heterocycles. The molecule has 24 nitrogen and oxygen atoms in total. The smallest absolute Gasteiger partial charge is 0.415 e. The zero-order chi connectivity index (χ0) is 56.8. The summed E-state index contributed by atoms with van der Waals surface area (Å²) in [5.74, 6) is 1.74. The molecule has 2 spiro atoms. The maximum absolute atomic E-state index is 13.0. The summed E-state index contributed by atoms with van der Waals surface area (Å²) in [6, 6.07) is 11.4. The molecule has 6 fully saturated rings. The number of ether oxygens (including phenoxy) is 3. The maximum Gasteiger partial charge on any atom is 0.415 e. The molecule has 6 aliphatic rings. The van der Waals surface area contributed by atoms with E-state index < -0.39 is 29.0 Å². The first-order valence-corrected chi connectivity index (χ1v) is 28.2. The van der Waals surface area contributed by atoms with Crippen LogP contribution in [-0.4, -0.2) is 168 Å². The summed E-state index contributed by atoms with van der Waals surface area (Å²) in [5.41, 5.74) is 2.14. The van der Waals surface area contributed by atoms with Gasteiger partial charge in [-0.3, -0.25) is 19.4 Å². The standard InChI is InChI=1S/C31H40N8O5.C26H32N8O3/c1-30(2,3)43-28(41)37-14-8-13-31(18-37)19-38(29(42)44-31)22-11-12-24(32-17-22)34-27-33-16-20-15-23(26(40)36(4)5)39(25(20)35-27)21-9-6-7-10-21;1-32(2)23(35)20-12-17-13-29-24(31-22(17)34(20)18-6-3-4-7-18)30-21-9-8-19(14-28-21)33-16-26(37-25(33)36)10-5-11-27-15-26/h11-12,15-17,21H,6-10,13-14,18-19H2,1-5H3,(H,32,33,34,35);8-9,12-14,18,27H,3-7,10-11,15-16H2,1-2H3,(H,28,29,30,31)/t31-;26-/m00/s1. The molecule has 428 valence electrons. The molecule has 2 saturated carbocycles. The summed E-state index contributed by atoms with van der Waals surface area (Å²) in [5, 5.41) is 11.3. The maximum atomic E-state index is 13.0. The first-order chi connectivity index (χ1) is 38.8. The molecule has 2 aliphatic carbocycles. The van der Waals surface area contributed by atoms with Gasteiger partial charge in [0, 0.05) is 76.5 Å². The summed E-state index contributed by atoms with van der Waals surface area (Å²) < 4.78 is 21.3. The molecule has 0 radical (unpaired) electrons. The number of carbonyl (C=O) groups excluding carboxylic acids is 5. The second kappa shape index (κ2) is 22.1. The number of piperidine rings is 2. The van der Waals surface area contributed by atoms with Gasteiger partial charge < -0.3 is 54.0 Å². The van der Waals surface area contributed by atoms with Gasteiger partial charge in [-0.15, -0.1) is 0 Å². The van der Waals surface area contributed by atoms with Crippen LogP contribution < -0.4 is 25.8 Å². The highest BCUT2D eigenvalue weighted by molar-refractivity contribution is 5.99. The van der Waals surface area contributed by atoms with Crippen molar-refractivity contribution >= 4 is 87.1 Å². The van der Waals surface area contributed by atoms with Crippen molar-refractivity contribution in [2.75, 3.05) is 87.9 Å². The predicted octanol–water partition coefficient (Wildman–Crippen LogP) is 8.58. The lowest BCUT2D eigenvalue weighted by molar-refractivity contribution is -0.0275. The van der Waals surface area contributed by atoms with Crippen molar-refractivity contribution in [3.8, 4) is 0 Å². The molecule has 4 saturated heterocycles. The van der Waals surface area contributed by atoms with Crippen molar-refractivity contribution < 1.29 is 38.2 Å². The van der Waals surface area contributed by atoms with Crippen LogP contribution in [0.1, 0.15) is 131 Å². The minimum absolute atomic E-state index is 0.0390. The number of nitrogens with zero attached hydrogens (tertiary/aromatic N) is 13. The number of rotatable bonds is 10. The quantitative estimate of drug-likeness (QED) is 0.109. The van der Waals surface area contributed by atoms with Gasteiger partial charge in [0.15, 0.2) is 0 Å². The first kappa shape index (κ1) is 54.8. The lowest BCUT2D eigenvalue weighted by Gasteiger charge is -2.38. The summed E-state index contributed by atoms with van der Waals surface area (Å²) in [6.07, 6.45) is 17.4. The molecule has 6 aromatic rings. The Balaban J connectivity index is 0.000000173. The minimum atomic E-state index is -0.798. The van der Waals surface area contributed by atoms with Crippen LogP contribution in [0.25, 0.3) is 22.1 Å². The summed E-state index contributed by atoms with van der Waals surface area (Å²) in [7, 11) is 7.03. The highest BCUT2D eigenvalue weighted by Gasteiger charge is 2.50. The van der Waals surface area contributed by atoms with E-state index in [1.807, 2.05) is 39.0 Å². The van der Waals surface area contributed by atoms with E-state index in [-0.39, 0.29) is 36.5 Å². The molecule has 5 amide bonds. The Labute approximate surface area is 469 Å². The lowest BCUT2D eigenvalue weighted by atomic mass is 9.93. The summed E-state index contributed by atoms with van der Waals surface area (Å²) in [4.78, 5) is 99.7. The Morgan fingerprint density at radius 3 is 1.57 bits per heavy atom. The molecule has 12 rings (SSSR count). The van der Waals surface area contributed by atoms with Gasteiger partial charge in [-0.25, -0.2) is 34.3 Å². The van der Waals surface area contributed by atoms with Crippen LogP contribution in [0.15, 0.2) is 61.2 Å². The number of likely N-dealkylation sites (tertiary alicyclic amines) is 1. The fraction of sp³-hybridized carbons (Fsp3) is 0.526. The van der Waals surface area contributed by atoms with Crippen molar-refractivity contribution in [1.82, 2.24) is 59.1 Å². The molecular formula is C57H72N16O8. The third kappa shape index (κ3) is 11.5. The Kier molecular flexibility index (Phi) is 14.9. The molecule has 10 heterocycles. The highest BCUT2D eigenvalue weighted by Crippen LogP contribution is 2.39. The number of nitrogens with one attached hydrogen (secondary N) is 3. The van der Waals surface area contributed by atoms with Crippen LogP contribution in [-0.2, 0) is 14.2 Å². The Hall–Kier alpha value is -8.15. The van der Waals surface area contributed by atoms with Crippen LogP contribution in [0.3, 0.4) is 0 Å². The molecule has 81 heavy (non-hydrogen) atoms. The second-order valence-electron chi connectivity index (χ2n) is 23.6. The number of anilines is 6. The summed E-state index contributed by atoms with van der Waals surface area (Å²) >= 11 is 0. The van der Waals surface area contributed by atoms with E-state index in [4.69, 9.17) is 24.2 Å². The number of hydrogen-bond donors (Lipinski definition) is 3. The average molecular weight is 1110 g/mol. The predicted molar refractivity (Wildman–Crippen MR) is 303 cm³/mol. The lowest BCUT2D eigenvalue weighted by Crippen LogP contribution is -2.53. The molecule has 0 aromatic carbocycles. The SMILES string of the molecule is CN(C)C(=O)c1cc2cnc(Nc3ccc(N4C[C@@]5(CCCN(C(=O)OC(C)(C)C)C5)OC4=O)cn3)nc2n1C1CCCC1.CN(C)C(=O)c1cc2cnc(Nc3ccc(N4C[C@@]5(CCCNC5)OC4=O)cn3)nc2n1C1CCCC1. The van der Waals surface area contributed by atoms with E-state index in [9.17, 15) is 24.0 Å². The zero-order valence-corrected chi connectivity index (χ0v) is 47.2. The number of aromatic nitrogens is 8. The van der Waals surface area contributed by atoms with E-state index in [1.165, 1.54) is 0 Å². The molecule has 3 N–H and O–H groups in total.